The van der Waals surface area contributed by atoms with Crippen molar-refractivity contribution in [3.05, 3.63) is 60.2 Å². The summed E-state index contributed by atoms with van der Waals surface area (Å²) >= 11 is 0. The molecule has 9 heteroatoms. The monoisotopic (exact) mass is 484 g/mol. The molecular weight excluding hydrogens is 456 g/mol. The van der Waals surface area contributed by atoms with Gasteiger partial charge >= 0.3 is 0 Å². The molecule has 3 aromatic carbocycles. The molecule has 1 N–H and O–H groups in total. The van der Waals surface area contributed by atoms with Crippen LogP contribution in [0.2, 0.25) is 0 Å². The van der Waals surface area contributed by atoms with Crippen LogP contribution in [0.25, 0.3) is 10.8 Å². The number of fused-ring (bicyclic) bond motifs is 1. The fraction of sp³-hybridized carbons (Fsp3) is 0.320. The van der Waals surface area contributed by atoms with E-state index in [2.05, 4.69) is 5.32 Å². The van der Waals surface area contributed by atoms with Gasteiger partial charge in [0.15, 0.2) is 0 Å². The first-order chi connectivity index (χ1) is 16.3. The van der Waals surface area contributed by atoms with Crippen LogP contribution in [0, 0.1) is 0 Å². The number of benzene rings is 3. The van der Waals surface area contributed by atoms with Gasteiger partial charge in [-0.3, -0.25) is 4.79 Å². The molecule has 0 bridgehead atoms. The van der Waals surface area contributed by atoms with E-state index in [1.807, 2.05) is 36.4 Å². The number of nitrogens with zero attached hydrogens (tertiary/aromatic N) is 1. The van der Waals surface area contributed by atoms with Crippen LogP contribution in [0.5, 0.6) is 11.5 Å². The SMILES string of the molecule is COc1ccc2cc([C@H](C)C(=O)Nc3cc(S(=O)(=O)N4CCOCC4)ccc3OC)ccc2c1. The van der Waals surface area contributed by atoms with Crippen molar-refractivity contribution in [1.29, 1.82) is 0 Å². The molecule has 1 heterocycles. The minimum Gasteiger partial charge on any atom is -0.497 e. The maximum atomic E-state index is 13.1. The highest BCUT2D eigenvalue weighted by Gasteiger charge is 2.27. The minimum absolute atomic E-state index is 0.0952. The standard InChI is InChI=1S/C25H28N2O6S/c1-17(18-4-5-20-15-21(31-2)7-6-19(20)14-18)25(28)26-23-16-22(8-9-24(23)32-3)34(29,30)27-10-12-33-13-11-27/h4-9,14-17H,10-13H2,1-3H3,(H,26,28)/t17-/m0/s1. The number of hydrogen-bond acceptors (Lipinski definition) is 6. The highest BCUT2D eigenvalue weighted by Crippen LogP contribution is 2.31. The number of ether oxygens (including phenoxy) is 3. The summed E-state index contributed by atoms with van der Waals surface area (Å²) in [7, 11) is -0.615. The van der Waals surface area contributed by atoms with E-state index < -0.39 is 15.9 Å². The molecule has 0 saturated carbocycles. The molecule has 0 aromatic heterocycles. The second kappa shape index (κ2) is 10.0. The number of rotatable bonds is 7. The fourth-order valence-corrected chi connectivity index (χ4v) is 5.35. The van der Waals surface area contributed by atoms with Crippen LogP contribution in [0.1, 0.15) is 18.4 Å². The van der Waals surface area contributed by atoms with Crippen molar-refractivity contribution in [2.75, 3.05) is 45.8 Å². The Hall–Kier alpha value is -3.14. The van der Waals surface area contributed by atoms with Crippen molar-refractivity contribution >= 4 is 32.4 Å². The second-order valence-electron chi connectivity index (χ2n) is 8.06. The van der Waals surface area contributed by atoms with Crippen LogP contribution in [0.3, 0.4) is 0 Å². The summed E-state index contributed by atoms with van der Waals surface area (Å²) in [5, 5.41) is 4.86. The Morgan fingerprint density at radius 3 is 2.38 bits per heavy atom. The first-order valence-corrected chi connectivity index (χ1v) is 12.4. The minimum atomic E-state index is -3.71. The number of nitrogens with one attached hydrogen (secondary N) is 1. The topological polar surface area (TPSA) is 94.2 Å². The molecule has 1 atom stereocenters. The zero-order valence-corrected chi connectivity index (χ0v) is 20.2. The van der Waals surface area contributed by atoms with Gasteiger partial charge in [-0.1, -0.05) is 24.3 Å². The molecular formula is C25H28N2O6S. The molecule has 3 aromatic rings. The number of morpholine rings is 1. The normalized spacial score (nSPS) is 15.6. The molecule has 0 unspecified atom stereocenters. The Kier molecular flexibility index (Phi) is 7.06. The van der Waals surface area contributed by atoms with Crippen LogP contribution in [-0.2, 0) is 19.6 Å². The first-order valence-electron chi connectivity index (χ1n) is 11.0. The number of amides is 1. The van der Waals surface area contributed by atoms with E-state index in [1.54, 1.807) is 20.1 Å². The largest absolute Gasteiger partial charge is 0.497 e. The Balaban J connectivity index is 1.58. The van der Waals surface area contributed by atoms with Gasteiger partial charge < -0.3 is 19.5 Å². The highest BCUT2D eigenvalue weighted by molar-refractivity contribution is 7.89. The highest BCUT2D eigenvalue weighted by atomic mass is 32.2. The van der Waals surface area contributed by atoms with E-state index in [9.17, 15) is 13.2 Å². The van der Waals surface area contributed by atoms with Gasteiger partial charge in [-0.25, -0.2) is 8.42 Å². The number of anilines is 1. The Morgan fingerprint density at radius 2 is 1.68 bits per heavy atom. The van der Waals surface area contributed by atoms with E-state index in [-0.39, 0.29) is 10.8 Å². The number of methoxy groups -OCH3 is 2. The van der Waals surface area contributed by atoms with Gasteiger partial charge in [-0.2, -0.15) is 4.31 Å². The van der Waals surface area contributed by atoms with Crippen molar-refractivity contribution in [3.63, 3.8) is 0 Å². The van der Waals surface area contributed by atoms with Gasteiger partial charge in [0, 0.05) is 13.1 Å². The van der Waals surface area contributed by atoms with Gasteiger partial charge in [-0.15, -0.1) is 0 Å². The van der Waals surface area contributed by atoms with Gasteiger partial charge in [0.05, 0.1) is 43.9 Å². The summed E-state index contributed by atoms with van der Waals surface area (Å²) in [4.78, 5) is 13.2. The predicted octanol–water partition coefficient (Wildman–Crippen LogP) is 3.62. The quantitative estimate of drug-likeness (QED) is 0.551. The maximum Gasteiger partial charge on any atom is 0.243 e. The average molecular weight is 485 g/mol. The third-order valence-corrected chi connectivity index (χ3v) is 7.90. The van der Waals surface area contributed by atoms with Crippen molar-refractivity contribution < 1.29 is 27.4 Å². The Morgan fingerprint density at radius 1 is 0.971 bits per heavy atom. The van der Waals surface area contributed by atoms with Gasteiger partial charge in [0.2, 0.25) is 15.9 Å². The van der Waals surface area contributed by atoms with Crippen LogP contribution in [-0.4, -0.2) is 59.2 Å². The van der Waals surface area contributed by atoms with Crippen molar-refractivity contribution in [2.45, 2.75) is 17.7 Å². The van der Waals surface area contributed by atoms with E-state index in [0.717, 1.165) is 22.1 Å². The lowest BCUT2D eigenvalue weighted by Gasteiger charge is -2.26. The molecule has 34 heavy (non-hydrogen) atoms. The van der Waals surface area contributed by atoms with Gasteiger partial charge in [0.25, 0.3) is 0 Å². The Labute approximate surface area is 199 Å². The summed E-state index contributed by atoms with van der Waals surface area (Å²) in [5.74, 6) is 0.403. The number of sulfonamides is 1. The maximum absolute atomic E-state index is 13.1. The van der Waals surface area contributed by atoms with E-state index in [0.29, 0.717) is 37.7 Å². The smallest absolute Gasteiger partial charge is 0.243 e. The van der Waals surface area contributed by atoms with Crippen LogP contribution in [0.4, 0.5) is 5.69 Å². The third-order valence-electron chi connectivity index (χ3n) is 6.00. The van der Waals surface area contributed by atoms with E-state index in [1.165, 1.54) is 23.5 Å². The van der Waals surface area contributed by atoms with Crippen LogP contribution < -0.4 is 14.8 Å². The first kappa shape index (κ1) is 24.0. The molecule has 1 aliphatic heterocycles. The second-order valence-corrected chi connectivity index (χ2v) is 10.00. The molecule has 0 radical (unpaired) electrons. The van der Waals surface area contributed by atoms with Crippen LogP contribution in [0.15, 0.2) is 59.5 Å². The molecule has 0 spiro atoms. The summed E-state index contributed by atoms with van der Waals surface area (Å²) in [5.41, 5.74) is 1.14. The van der Waals surface area contributed by atoms with Gasteiger partial charge in [0.1, 0.15) is 11.5 Å². The summed E-state index contributed by atoms with van der Waals surface area (Å²) in [6, 6.07) is 16.1. The van der Waals surface area contributed by atoms with Gasteiger partial charge in [-0.05, 0) is 53.6 Å². The molecule has 8 nitrogen and oxygen atoms in total. The summed E-state index contributed by atoms with van der Waals surface area (Å²) in [6.45, 7) is 3.10. The molecule has 0 aliphatic carbocycles. The van der Waals surface area contributed by atoms with Crippen molar-refractivity contribution in [3.8, 4) is 11.5 Å². The molecule has 1 aliphatic rings. The third kappa shape index (κ3) is 4.86. The molecule has 1 fully saturated rings. The predicted molar refractivity (Wildman–Crippen MR) is 130 cm³/mol. The lowest BCUT2D eigenvalue weighted by Crippen LogP contribution is -2.40. The lowest BCUT2D eigenvalue weighted by molar-refractivity contribution is -0.117. The molecule has 180 valence electrons. The number of hydrogen-bond donors (Lipinski definition) is 1. The summed E-state index contributed by atoms with van der Waals surface area (Å²) in [6.07, 6.45) is 0. The molecule has 4 rings (SSSR count). The molecule has 1 amide bonds. The fourth-order valence-electron chi connectivity index (χ4n) is 3.91. The summed E-state index contributed by atoms with van der Waals surface area (Å²) < 4.78 is 43.4. The lowest BCUT2D eigenvalue weighted by atomic mass is 9.97. The van der Waals surface area contributed by atoms with Crippen LogP contribution >= 0.6 is 0 Å². The molecule has 1 saturated heterocycles. The van der Waals surface area contributed by atoms with E-state index >= 15 is 0 Å². The zero-order chi connectivity index (χ0) is 24.3. The average Bonchev–Trinajstić information content (AvgIpc) is 2.88. The van der Waals surface area contributed by atoms with E-state index in [4.69, 9.17) is 14.2 Å². The zero-order valence-electron chi connectivity index (χ0n) is 19.4. The van der Waals surface area contributed by atoms with Crippen molar-refractivity contribution in [2.24, 2.45) is 0 Å². The Bertz CT molecular complexity index is 1300. The van der Waals surface area contributed by atoms with Crippen molar-refractivity contribution in [1.82, 2.24) is 4.31 Å². The number of carbonyl (C=O) groups excluding carboxylic acids is 1. The number of carbonyl (C=O) groups is 1.